The molecule has 0 saturated heterocycles. The summed E-state index contributed by atoms with van der Waals surface area (Å²) in [6.45, 7) is 8.35. The topological polar surface area (TPSA) is 39.2 Å². The standard InChI is InChI=1S/C17H25NO2/c1-12(2)20-14-9-13(10-18-11-14)16(19)15-7-5-6-8-17(15,3)4/h9-12,15H,5-8H2,1-4H3. The molecular weight excluding hydrogens is 250 g/mol. The van der Waals surface area contributed by atoms with Crippen LogP contribution in [0.1, 0.15) is 63.7 Å². The Balaban J connectivity index is 2.20. The number of hydrogen-bond acceptors (Lipinski definition) is 3. The molecule has 1 aromatic heterocycles. The summed E-state index contributed by atoms with van der Waals surface area (Å²) in [5.41, 5.74) is 0.771. The number of aromatic nitrogens is 1. The maximum atomic E-state index is 12.8. The highest BCUT2D eigenvalue weighted by Crippen LogP contribution is 2.42. The van der Waals surface area contributed by atoms with Gasteiger partial charge in [-0.25, -0.2) is 0 Å². The van der Waals surface area contributed by atoms with E-state index in [2.05, 4.69) is 18.8 Å². The lowest BCUT2D eigenvalue weighted by molar-refractivity contribution is 0.0696. The molecule has 0 aromatic carbocycles. The third-order valence-electron chi connectivity index (χ3n) is 4.19. The van der Waals surface area contributed by atoms with Gasteiger partial charge in [-0.05, 0) is 38.2 Å². The Bertz CT molecular complexity index is 480. The van der Waals surface area contributed by atoms with Gasteiger partial charge in [0.2, 0.25) is 0 Å². The Morgan fingerprint density at radius 1 is 1.35 bits per heavy atom. The van der Waals surface area contributed by atoms with E-state index >= 15 is 0 Å². The second kappa shape index (κ2) is 5.94. The third-order valence-corrected chi connectivity index (χ3v) is 4.19. The molecule has 110 valence electrons. The average Bonchev–Trinajstić information content (AvgIpc) is 2.37. The Hall–Kier alpha value is -1.38. The summed E-state index contributed by atoms with van der Waals surface area (Å²) < 4.78 is 5.63. The van der Waals surface area contributed by atoms with Gasteiger partial charge in [-0.1, -0.05) is 26.7 Å². The molecule has 1 atom stereocenters. The first-order valence-corrected chi connectivity index (χ1v) is 7.56. The maximum absolute atomic E-state index is 12.8. The summed E-state index contributed by atoms with van der Waals surface area (Å²) in [4.78, 5) is 16.9. The largest absolute Gasteiger partial charge is 0.489 e. The predicted molar refractivity (Wildman–Crippen MR) is 80.1 cm³/mol. The fourth-order valence-electron chi connectivity index (χ4n) is 3.07. The highest BCUT2D eigenvalue weighted by atomic mass is 16.5. The molecule has 20 heavy (non-hydrogen) atoms. The van der Waals surface area contributed by atoms with Gasteiger partial charge in [0, 0.05) is 17.7 Å². The molecule has 0 radical (unpaired) electrons. The van der Waals surface area contributed by atoms with Gasteiger partial charge in [0.25, 0.3) is 0 Å². The van der Waals surface area contributed by atoms with E-state index in [4.69, 9.17) is 4.74 Å². The molecule has 0 spiro atoms. The van der Waals surface area contributed by atoms with E-state index in [0.717, 1.165) is 19.3 Å². The summed E-state index contributed by atoms with van der Waals surface area (Å²) in [5, 5.41) is 0. The number of carbonyl (C=O) groups is 1. The van der Waals surface area contributed by atoms with Crippen molar-refractivity contribution in [1.29, 1.82) is 0 Å². The molecule has 1 aromatic rings. The normalized spacial score (nSPS) is 21.8. The number of ether oxygens (including phenoxy) is 1. The minimum Gasteiger partial charge on any atom is -0.489 e. The van der Waals surface area contributed by atoms with Crippen molar-refractivity contribution in [3.05, 3.63) is 24.0 Å². The lowest BCUT2D eigenvalue weighted by atomic mass is 9.66. The number of pyridine rings is 1. The van der Waals surface area contributed by atoms with E-state index in [9.17, 15) is 4.79 Å². The van der Waals surface area contributed by atoms with Crippen LogP contribution < -0.4 is 4.74 Å². The second-order valence-electron chi connectivity index (χ2n) is 6.73. The highest BCUT2D eigenvalue weighted by Gasteiger charge is 2.37. The monoisotopic (exact) mass is 275 g/mol. The molecule has 3 heteroatoms. The van der Waals surface area contributed by atoms with Crippen molar-refractivity contribution in [1.82, 2.24) is 4.98 Å². The van der Waals surface area contributed by atoms with Crippen molar-refractivity contribution in [2.45, 2.75) is 59.5 Å². The van der Waals surface area contributed by atoms with E-state index in [1.54, 1.807) is 12.4 Å². The van der Waals surface area contributed by atoms with Gasteiger partial charge in [-0.15, -0.1) is 0 Å². The number of carbonyl (C=O) groups excluding carboxylic acids is 1. The zero-order valence-electron chi connectivity index (χ0n) is 13.0. The Labute approximate surface area is 121 Å². The van der Waals surface area contributed by atoms with E-state index < -0.39 is 0 Å². The Morgan fingerprint density at radius 2 is 2.10 bits per heavy atom. The van der Waals surface area contributed by atoms with E-state index in [-0.39, 0.29) is 23.2 Å². The molecule has 1 aliphatic rings. The quantitative estimate of drug-likeness (QED) is 0.770. The Morgan fingerprint density at radius 3 is 2.75 bits per heavy atom. The van der Waals surface area contributed by atoms with Gasteiger partial charge in [0.15, 0.2) is 5.78 Å². The second-order valence-corrected chi connectivity index (χ2v) is 6.73. The molecule has 2 rings (SSSR count). The molecule has 1 aliphatic carbocycles. The molecule has 0 bridgehead atoms. The molecule has 1 heterocycles. The number of hydrogen-bond donors (Lipinski definition) is 0. The summed E-state index contributed by atoms with van der Waals surface area (Å²) in [6.07, 6.45) is 7.91. The van der Waals surface area contributed by atoms with Gasteiger partial charge >= 0.3 is 0 Å². The van der Waals surface area contributed by atoms with Gasteiger partial charge in [0.05, 0.1) is 12.3 Å². The number of Topliss-reactive ketones (excluding diaryl/α,β-unsaturated/α-hetero) is 1. The van der Waals surface area contributed by atoms with Crippen molar-refractivity contribution >= 4 is 5.78 Å². The fourth-order valence-corrected chi connectivity index (χ4v) is 3.07. The minimum atomic E-state index is 0.0875. The van der Waals surface area contributed by atoms with Gasteiger partial charge in [-0.2, -0.15) is 0 Å². The fraction of sp³-hybridized carbons (Fsp3) is 0.647. The number of nitrogens with zero attached hydrogens (tertiary/aromatic N) is 1. The van der Waals surface area contributed by atoms with Crippen LogP contribution >= 0.6 is 0 Å². The number of rotatable bonds is 4. The summed E-state index contributed by atoms with van der Waals surface area (Å²) in [6, 6.07) is 1.83. The van der Waals surface area contributed by atoms with Crippen molar-refractivity contribution in [3.63, 3.8) is 0 Å². The SMILES string of the molecule is CC(C)Oc1cncc(C(=O)C2CCCCC2(C)C)c1. The van der Waals surface area contributed by atoms with Crippen molar-refractivity contribution in [2.75, 3.05) is 0 Å². The van der Waals surface area contributed by atoms with Crippen LogP contribution in [0.5, 0.6) is 5.75 Å². The molecule has 1 saturated carbocycles. The molecular formula is C17H25NO2. The van der Waals surface area contributed by atoms with Crippen LogP contribution in [0.2, 0.25) is 0 Å². The average molecular weight is 275 g/mol. The highest BCUT2D eigenvalue weighted by molar-refractivity contribution is 5.98. The lowest BCUT2D eigenvalue weighted by Gasteiger charge is -2.37. The van der Waals surface area contributed by atoms with Crippen molar-refractivity contribution < 1.29 is 9.53 Å². The van der Waals surface area contributed by atoms with Crippen LogP contribution in [-0.2, 0) is 0 Å². The van der Waals surface area contributed by atoms with E-state index in [1.807, 2.05) is 19.9 Å². The van der Waals surface area contributed by atoms with Gasteiger partial charge < -0.3 is 4.74 Å². The zero-order valence-corrected chi connectivity index (χ0v) is 13.0. The van der Waals surface area contributed by atoms with Gasteiger partial charge in [-0.3, -0.25) is 9.78 Å². The minimum absolute atomic E-state index is 0.0875. The molecule has 0 aliphatic heterocycles. The van der Waals surface area contributed by atoms with Crippen LogP contribution in [0.3, 0.4) is 0 Å². The smallest absolute Gasteiger partial charge is 0.168 e. The third kappa shape index (κ3) is 3.38. The van der Waals surface area contributed by atoms with Crippen LogP contribution in [0.4, 0.5) is 0 Å². The van der Waals surface area contributed by atoms with Crippen molar-refractivity contribution in [2.24, 2.45) is 11.3 Å². The molecule has 0 amide bonds. The first-order chi connectivity index (χ1) is 9.40. The molecule has 1 fully saturated rings. The van der Waals surface area contributed by atoms with Crippen LogP contribution in [-0.4, -0.2) is 16.9 Å². The first kappa shape index (κ1) is 15.0. The molecule has 0 N–H and O–H groups in total. The summed E-state index contributed by atoms with van der Waals surface area (Å²) >= 11 is 0. The summed E-state index contributed by atoms with van der Waals surface area (Å²) in [7, 11) is 0. The Kier molecular flexibility index (Phi) is 4.46. The van der Waals surface area contributed by atoms with E-state index in [0.29, 0.717) is 11.3 Å². The van der Waals surface area contributed by atoms with Crippen LogP contribution in [0, 0.1) is 11.3 Å². The van der Waals surface area contributed by atoms with Crippen LogP contribution in [0.15, 0.2) is 18.5 Å². The van der Waals surface area contributed by atoms with Gasteiger partial charge in [0.1, 0.15) is 5.75 Å². The maximum Gasteiger partial charge on any atom is 0.168 e. The zero-order chi connectivity index (χ0) is 14.8. The molecule has 3 nitrogen and oxygen atoms in total. The first-order valence-electron chi connectivity index (χ1n) is 7.56. The summed E-state index contributed by atoms with van der Waals surface area (Å²) in [5.74, 6) is 1.00. The molecule has 1 unspecified atom stereocenters. The predicted octanol–water partition coefficient (Wildman–Crippen LogP) is 4.27. The van der Waals surface area contributed by atoms with E-state index in [1.165, 1.54) is 6.42 Å². The van der Waals surface area contributed by atoms with Crippen molar-refractivity contribution in [3.8, 4) is 5.75 Å². The van der Waals surface area contributed by atoms with Crippen LogP contribution in [0.25, 0.3) is 0 Å². The number of ketones is 1. The lowest BCUT2D eigenvalue weighted by Crippen LogP contribution is -2.34.